The molecular weight excluding hydrogens is 286 g/mol. The molecule has 0 aromatic heterocycles. The zero-order chi connectivity index (χ0) is 15.0. The summed E-state index contributed by atoms with van der Waals surface area (Å²) in [6.45, 7) is 2.07. The number of nitrogens with zero attached hydrogens (tertiary/aromatic N) is 1. The Balaban J connectivity index is 1.86. The fraction of sp³-hybridized carbons (Fsp3) is 0.500. The number of benzene rings is 1. The Hall–Kier alpha value is -1.49. The van der Waals surface area contributed by atoms with E-state index in [-0.39, 0.29) is 11.3 Å². The Kier molecular flexibility index (Phi) is 3.93. The molecule has 2 atom stereocenters. The first-order chi connectivity index (χ1) is 10.1. The van der Waals surface area contributed by atoms with Crippen molar-refractivity contribution >= 4 is 23.6 Å². The van der Waals surface area contributed by atoms with E-state index in [2.05, 4.69) is 6.92 Å². The molecule has 1 aliphatic carbocycles. The zero-order valence-corrected chi connectivity index (χ0v) is 12.8. The lowest BCUT2D eigenvalue weighted by molar-refractivity contribution is -0.141. The first-order valence-corrected chi connectivity index (χ1v) is 8.42. The van der Waals surface area contributed by atoms with Gasteiger partial charge in [-0.15, -0.1) is 11.8 Å². The van der Waals surface area contributed by atoms with Gasteiger partial charge in [0.1, 0.15) is 6.04 Å². The number of thioether (sulfide) groups is 1. The second-order valence-corrected chi connectivity index (χ2v) is 6.83. The van der Waals surface area contributed by atoms with E-state index in [1.165, 1.54) is 5.56 Å². The minimum atomic E-state index is -0.899. The fourth-order valence-corrected chi connectivity index (χ4v) is 4.38. The van der Waals surface area contributed by atoms with Crippen LogP contribution in [-0.4, -0.2) is 39.1 Å². The molecule has 0 spiro atoms. The summed E-state index contributed by atoms with van der Waals surface area (Å²) in [6, 6.07) is 6.82. The number of amides is 1. The summed E-state index contributed by atoms with van der Waals surface area (Å²) in [5, 5.41) is 9.41. The average Bonchev–Trinajstić information content (AvgIpc) is 3.24. The summed E-state index contributed by atoms with van der Waals surface area (Å²) >= 11 is 1.61. The maximum Gasteiger partial charge on any atom is 0.327 e. The highest BCUT2D eigenvalue weighted by Crippen LogP contribution is 2.45. The number of hydrogen-bond acceptors (Lipinski definition) is 3. The Morgan fingerprint density at radius 2 is 1.95 bits per heavy atom. The Morgan fingerprint density at radius 1 is 1.29 bits per heavy atom. The van der Waals surface area contributed by atoms with Gasteiger partial charge in [-0.25, -0.2) is 4.79 Å². The second-order valence-electron chi connectivity index (χ2n) is 5.68. The van der Waals surface area contributed by atoms with Gasteiger partial charge < -0.3 is 10.0 Å². The van der Waals surface area contributed by atoms with E-state index >= 15 is 0 Å². The van der Waals surface area contributed by atoms with Crippen LogP contribution in [0.15, 0.2) is 24.3 Å². The highest BCUT2D eigenvalue weighted by molar-refractivity contribution is 8.00. The smallest absolute Gasteiger partial charge is 0.327 e. The van der Waals surface area contributed by atoms with Crippen LogP contribution in [0.3, 0.4) is 0 Å². The van der Waals surface area contributed by atoms with E-state index in [1.54, 1.807) is 16.7 Å². The van der Waals surface area contributed by atoms with Gasteiger partial charge in [0.25, 0.3) is 5.91 Å². The van der Waals surface area contributed by atoms with Crippen LogP contribution in [0.5, 0.6) is 0 Å². The molecule has 1 aromatic rings. The molecule has 1 aliphatic heterocycles. The molecule has 1 aromatic carbocycles. The number of aryl methyl sites for hydroxylation is 1. The molecule has 1 amide bonds. The summed E-state index contributed by atoms with van der Waals surface area (Å²) in [5.74, 6) is -0.0794. The number of carboxylic acid groups (broad SMARTS) is 1. The quantitative estimate of drug-likeness (QED) is 0.929. The molecule has 3 rings (SSSR count). The largest absolute Gasteiger partial charge is 0.480 e. The van der Waals surface area contributed by atoms with Crippen LogP contribution >= 0.6 is 11.8 Å². The SMILES string of the molecule is CCc1ccc(C(=O)N2C(C(=O)O)CSC2C2CC2)cc1. The lowest BCUT2D eigenvalue weighted by Gasteiger charge is -2.27. The normalized spacial score (nSPS) is 25.1. The predicted octanol–water partition coefficient (Wildman–Crippen LogP) is 2.63. The van der Waals surface area contributed by atoms with Crippen molar-refractivity contribution in [3.05, 3.63) is 35.4 Å². The predicted molar refractivity (Wildman–Crippen MR) is 82.4 cm³/mol. The number of aliphatic carboxylic acids is 1. The Bertz CT molecular complexity index is 553. The lowest BCUT2D eigenvalue weighted by Crippen LogP contribution is -2.46. The summed E-state index contributed by atoms with van der Waals surface area (Å²) < 4.78 is 0. The van der Waals surface area contributed by atoms with E-state index in [9.17, 15) is 14.7 Å². The van der Waals surface area contributed by atoms with Gasteiger partial charge in [0.2, 0.25) is 0 Å². The number of rotatable bonds is 4. The summed E-state index contributed by atoms with van der Waals surface area (Å²) in [5.41, 5.74) is 1.77. The van der Waals surface area contributed by atoms with Gasteiger partial charge in [-0.2, -0.15) is 0 Å². The van der Waals surface area contributed by atoms with Crippen molar-refractivity contribution in [3.8, 4) is 0 Å². The molecule has 1 heterocycles. The molecule has 1 saturated heterocycles. The standard InChI is InChI=1S/C16H19NO3S/c1-2-10-3-5-11(6-4-10)14(18)17-13(16(19)20)9-21-15(17)12-7-8-12/h3-6,12-13,15H,2,7-9H2,1H3,(H,19,20). The van der Waals surface area contributed by atoms with E-state index in [4.69, 9.17) is 0 Å². The van der Waals surface area contributed by atoms with Crippen molar-refractivity contribution in [2.24, 2.45) is 5.92 Å². The second kappa shape index (κ2) is 5.72. The van der Waals surface area contributed by atoms with Crippen LogP contribution < -0.4 is 0 Å². The molecule has 0 bridgehead atoms. The summed E-state index contributed by atoms with van der Waals surface area (Å²) in [6.07, 6.45) is 3.13. The van der Waals surface area contributed by atoms with Crippen LogP contribution in [0.2, 0.25) is 0 Å². The van der Waals surface area contributed by atoms with Gasteiger partial charge in [0.05, 0.1) is 5.37 Å². The van der Waals surface area contributed by atoms with Crippen molar-refractivity contribution in [2.75, 3.05) is 5.75 Å². The number of carboxylic acids is 1. The lowest BCUT2D eigenvalue weighted by atomic mass is 10.1. The van der Waals surface area contributed by atoms with E-state index in [1.807, 2.05) is 24.3 Å². The number of hydrogen-bond donors (Lipinski definition) is 1. The first-order valence-electron chi connectivity index (χ1n) is 7.38. The van der Waals surface area contributed by atoms with Crippen LogP contribution in [0.4, 0.5) is 0 Å². The van der Waals surface area contributed by atoms with Crippen molar-refractivity contribution in [1.82, 2.24) is 4.90 Å². The highest BCUT2D eigenvalue weighted by atomic mass is 32.2. The maximum absolute atomic E-state index is 12.8. The summed E-state index contributed by atoms with van der Waals surface area (Å²) in [4.78, 5) is 25.8. The molecule has 1 N–H and O–H groups in total. The minimum absolute atomic E-state index is 0.0319. The molecular formula is C16H19NO3S. The fourth-order valence-electron chi connectivity index (χ4n) is 2.75. The van der Waals surface area contributed by atoms with Crippen LogP contribution in [-0.2, 0) is 11.2 Å². The molecule has 112 valence electrons. The van der Waals surface area contributed by atoms with Crippen molar-refractivity contribution in [1.29, 1.82) is 0 Å². The van der Waals surface area contributed by atoms with Gasteiger partial charge in [0.15, 0.2) is 0 Å². The summed E-state index contributed by atoms with van der Waals surface area (Å²) in [7, 11) is 0. The van der Waals surface area contributed by atoms with Crippen molar-refractivity contribution in [2.45, 2.75) is 37.6 Å². The van der Waals surface area contributed by atoms with Crippen molar-refractivity contribution in [3.63, 3.8) is 0 Å². The molecule has 2 aliphatic rings. The van der Waals surface area contributed by atoms with Gasteiger partial charge in [-0.05, 0) is 42.9 Å². The van der Waals surface area contributed by atoms with Crippen LogP contribution in [0, 0.1) is 5.92 Å². The van der Waals surface area contributed by atoms with Crippen molar-refractivity contribution < 1.29 is 14.7 Å². The average molecular weight is 305 g/mol. The molecule has 21 heavy (non-hydrogen) atoms. The third-order valence-electron chi connectivity index (χ3n) is 4.19. The minimum Gasteiger partial charge on any atom is -0.480 e. The van der Waals surface area contributed by atoms with E-state index in [0.717, 1.165) is 19.3 Å². The molecule has 5 heteroatoms. The zero-order valence-electron chi connectivity index (χ0n) is 12.0. The number of carbonyl (C=O) groups is 2. The highest BCUT2D eigenvalue weighted by Gasteiger charge is 2.48. The molecule has 2 fully saturated rings. The number of carbonyl (C=O) groups excluding carboxylic acids is 1. The van der Waals surface area contributed by atoms with Crippen LogP contribution in [0.1, 0.15) is 35.7 Å². The third kappa shape index (κ3) is 2.79. The monoisotopic (exact) mass is 305 g/mol. The molecule has 2 unspecified atom stereocenters. The Labute approximate surface area is 128 Å². The van der Waals surface area contributed by atoms with Gasteiger partial charge in [0, 0.05) is 11.3 Å². The Morgan fingerprint density at radius 3 is 2.48 bits per heavy atom. The van der Waals surface area contributed by atoms with Crippen LogP contribution in [0.25, 0.3) is 0 Å². The maximum atomic E-state index is 12.8. The van der Waals surface area contributed by atoms with E-state index < -0.39 is 12.0 Å². The van der Waals surface area contributed by atoms with Gasteiger partial charge in [-0.3, -0.25) is 4.79 Å². The molecule has 4 nitrogen and oxygen atoms in total. The topological polar surface area (TPSA) is 57.6 Å². The first kappa shape index (κ1) is 14.4. The van der Waals surface area contributed by atoms with E-state index in [0.29, 0.717) is 17.2 Å². The third-order valence-corrected chi connectivity index (χ3v) is 5.65. The molecule has 0 radical (unpaired) electrons. The molecule has 1 saturated carbocycles. The van der Waals surface area contributed by atoms with Gasteiger partial charge >= 0.3 is 5.97 Å². The van der Waals surface area contributed by atoms with Gasteiger partial charge in [-0.1, -0.05) is 19.1 Å².